The molecule has 0 unspecified atom stereocenters. The van der Waals surface area contributed by atoms with Crippen LogP contribution < -0.4 is 0 Å². The van der Waals surface area contributed by atoms with E-state index in [9.17, 15) is 9.59 Å². The van der Waals surface area contributed by atoms with Crippen molar-refractivity contribution in [2.45, 2.75) is 39.7 Å². The Hall–Kier alpha value is -1.38. The van der Waals surface area contributed by atoms with Crippen LogP contribution in [0.1, 0.15) is 33.6 Å². The Bertz CT molecular complexity index is 498. The van der Waals surface area contributed by atoms with Gasteiger partial charge in [0.15, 0.2) is 5.78 Å². The number of allylic oxidation sites excluding steroid dienone is 2. The third kappa shape index (κ3) is 1.43. The van der Waals surface area contributed by atoms with Gasteiger partial charge in [0.1, 0.15) is 6.10 Å². The van der Waals surface area contributed by atoms with Gasteiger partial charge in [-0.1, -0.05) is 18.1 Å². The number of esters is 1. The topological polar surface area (TPSA) is 43.4 Å². The molecule has 96 valence electrons. The monoisotopic (exact) mass is 246 g/mol. The molecule has 0 spiro atoms. The molecule has 3 heteroatoms. The molecule has 0 aromatic carbocycles. The number of carbonyl (C=O) groups excluding carboxylic acids is 2. The van der Waals surface area contributed by atoms with Crippen LogP contribution in [0.4, 0.5) is 0 Å². The Morgan fingerprint density at radius 3 is 2.72 bits per heavy atom. The Morgan fingerprint density at radius 1 is 1.28 bits per heavy atom. The fourth-order valence-electron chi connectivity index (χ4n) is 3.69. The molecule has 0 aromatic rings. The molecule has 3 nitrogen and oxygen atoms in total. The molecule has 3 aliphatic rings. The molecule has 4 atom stereocenters. The van der Waals surface area contributed by atoms with E-state index in [0.717, 1.165) is 24.0 Å². The molecule has 18 heavy (non-hydrogen) atoms. The van der Waals surface area contributed by atoms with Gasteiger partial charge in [-0.15, -0.1) is 0 Å². The second-order valence-electron chi connectivity index (χ2n) is 5.82. The van der Waals surface area contributed by atoms with Gasteiger partial charge in [-0.3, -0.25) is 9.59 Å². The van der Waals surface area contributed by atoms with E-state index in [-0.39, 0.29) is 35.6 Å². The van der Waals surface area contributed by atoms with Gasteiger partial charge in [-0.2, -0.15) is 0 Å². The maximum absolute atomic E-state index is 12.1. The van der Waals surface area contributed by atoms with Crippen LogP contribution in [0.3, 0.4) is 0 Å². The molecular weight excluding hydrogens is 228 g/mol. The van der Waals surface area contributed by atoms with Crippen LogP contribution >= 0.6 is 0 Å². The molecule has 0 N–H and O–H groups in total. The Balaban J connectivity index is 2.07. The molecular formula is C15H18O3. The largest absolute Gasteiger partial charge is 0.461 e. The van der Waals surface area contributed by atoms with Crippen LogP contribution in [-0.4, -0.2) is 17.9 Å². The van der Waals surface area contributed by atoms with Gasteiger partial charge in [0, 0.05) is 17.4 Å². The lowest BCUT2D eigenvalue weighted by atomic mass is 9.81. The normalized spacial score (nSPS) is 39.2. The second-order valence-corrected chi connectivity index (χ2v) is 5.82. The van der Waals surface area contributed by atoms with Crippen LogP contribution in [0.15, 0.2) is 22.8 Å². The highest BCUT2D eigenvalue weighted by molar-refractivity contribution is 6.09. The minimum absolute atomic E-state index is 0.0129. The predicted octanol–water partition coefficient (Wildman–Crippen LogP) is 2.42. The molecule has 0 bridgehead atoms. The lowest BCUT2D eigenvalue weighted by molar-refractivity contribution is -0.144. The quantitative estimate of drug-likeness (QED) is 0.616. The van der Waals surface area contributed by atoms with Crippen molar-refractivity contribution >= 4 is 11.8 Å². The SMILES string of the molecule is CC1=CC(=O)C2=C(C)CC[C@H]3[C@@H](OC(=O)[C@H]3C)[C@H]12. The number of ketones is 1. The Morgan fingerprint density at radius 2 is 2.00 bits per heavy atom. The van der Waals surface area contributed by atoms with E-state index in [1.165, 1.54) is 5.57 Å². The molecule has 1 aliphatic heterocycles. The van der Waals surface area contributed by atoms with E-state index in [0.29, 0.717) is 0 Å². The van der Waals surface area contributed by atoms with Crippen molar-refractivity contribution in [2.75, 3.05) is 0 Å². The molecule has 3 rings (SSSR count). The first-order valence-corrected chi connectivity index (χ1v) is 6.63. The summed E-state index contributed by atoms with van der Waals surface area (Å²) in [5, 5.41) is 0. The summed E-state index contributed by atoms with van der Waals surface area (Å²) in [4.78, 5) is 23.8. The zero-order chi connectivity index (χ0) is 13.0. The summed E-state index contributed by atoms with van der Waals surface area (Å²) >= 11 is 0. The summed E-state index contributed by atoms with van der Waals surface area (Å²) in [5.74, 6) is 0.246. The standard InChI is InChI=1S/C15H18O3/c1-7-4-5-10-9(3)15(17)18-14(10)13-8(2)6-11(16)12(7)13/h6,9-10,13-14H,4-5H2,1-3H3/t9-,10+,13+,14+/m0/s1. The van der Waals surface area contributed by atoms with Crippen molar-refractivity contribution < 1.29 is 14.3 Å². The number of hydrogen-bond acceptors (Lipinski definition) is 3. The Kier molecular flexibility index (Phi) is 2.47. The number of hydrogen-bond donors (Lipinski definition) is 0. The van der Waals surface area contributed by atoms with Crippen molar-refractivity contribution in [1.82, 2.24) is 0 Å². The smallest absolute Gasteiger partial charge is 0.309 e. The fourth-order valence-corrected chi connectivity index (χ4v) is 3.69. The molecule has 2 aliphatic carbocycles. The average Bonchev–Trinajstić information content (AvgIpc) is 2.68. The van der Waals surface area contributed by atoms with E-state index in [4.69, 9.17) is 4.74 Å². The number of rotatable bonds is 0. The average molecular weight is 246 g/mol. The summed E-state index contributed by atoms with van der Waals surface area (Å²) in [6.07, 6.45) is 3.44. The van der Waals surface area contributed by atoms with Crippen LogP contribution in [-0.2, 0) is 14.3 Å². The minimum Gasteiger partial charge on any atom is -0.461 e. The van der Waals surface area contributed by atoms with Gasteiger partial charge in [-0.25, -0.2) is 0 Å². The van der Waals surface area contributed by atoms with Gasteiger partial charge < -0.3 is 4.74 Å². The first kappa shape index (κ1) is 11.7. The van der Waals surface area contributed by atoms with Crippen molar-refractivity contribution in [3.8, 4) is 0 Å². The number of carbonyl (C=O) groups is 2. The van der Waals surface area contributed by atoms with Crippen molar-refractivity contribution in [1.29, 1.82) is 0 Å². The van der Waals surface area contributed by atoms with E-state index >= 15 is 0 Å². The summed E-state index contributed by atoms with van der Waals surface area (Å²) < 4.78 is 5.57. The molecule has 1 fully saturated rings. The van der Waals surface area contributed by atoms with Gasteiger partial charge in [0.25, 0.3) is 0 Å². The van der Waals surface area contributed by atoms with Crippen LogP contribution in [0, 0.1) is 17.8 Å². The second kappa shape index (κ2) is 3.81. The number of ether oxygens (including phenoxy) is 1. The van der Waals surface area contributed by atoms with Crippen molar-refractivity contribution in [3.63, 3.8) is 0 Å². The molecule has 1 saturated heterocycles. The van der Waals surface area contributed by atoms with E-state index in [1.807, 2.05) is 20.8 Å². The van der Waals surface area contributed by atoms with Crippen LogP contribution in [0.25, 0.3) is 0 Å². The first-order valence-electron chi connectivity index (χ1n) is 6.63. The van der Waals surface area contributed by atoms with E-state index in [1.54, 1.807) is 6.08 Å². The number of fused-ring (bicyclic) bond motifs is 3. The Labute approximate surface area is 107 Å². The van der Waals surface area contributed by atoms with Crippen molar-refractivity contribution in [3.05, 3.63) is 22.8 Å². The minimum atomic E-state index is -0.123. The molecule has 0 amide bonds. The molecule has 0 saturated carbocycles. The highest BCUT2D eigenvalue weighted by atomic mass is 16.6. The predicted molar refractivity (Wildman–Crippen MR) is 66.7 cm³/mol. The summed E-state index contributed by atoms with van der Waals surface area (Å²) in [5.41, 5.74) is 3.12. The van der Waals surface area contributed by atoms with Crippen LogP contribution in [0.5, 0.6) is 0 Å². The maximum atomic E-state index is 12.1. The lowest BCUT2D eigenvalue weighted by Crippen LogP contribution is -2.28. The summed E-state index contributed by atoms with van der Waals surface area (Å²) in [6, 6.07) is 0. The van der Waals surface area contributed by atoms with E-state index < -0.39 is 0 Å². The zero-order valence-electron chi connectivity index (χ0n) is 11.0. The zero-order valence-corrected chi connectivity index (χ0v) is 11.0. The highest BCUT2D eigenvalue weighted by Crippen LogP contribution is 2.47. The summed E-state index contributed by atoms with van der Waals surface area (Å²) in [6.45, 7) is 5.96. The maximum Gasteiger partial charge on any atom is 0.309 e. The van der Waals surface area contributed by atoms with Gasteiger partial charge in [0.2, 0.25) is 0 Å². The summed E-state index contributed by atoms with van der Waals surface area (Å²) in [7, 11) is 0. The molecule has 0 aromatic heterocycles. The van der Waals surface area contributed by atoms with Crippen LogP contribution in [0.2, 0.25) is 0 Å². The third-order valence-electron chi connectivity index (χ3n) is 4.76. The first-order chi connectivity index (χ1) is 8.50. The lowest BCUT2D eigenvalue weighted by Gasteiger charge is -2.24. The van der Waals surface area contributed by atoms with Gasteiger partial charge in [-0.05, 0) is 32.8 Å². The third-order valence-corrected chi connectivity index (χ3v) is 4.76. The molecule has 1 heterocycles. The fraction of sp³-hybridized carbons (Fsp3) is 0.600. The van der Waals surface area contributed by atoms with E-state index in [2.05, 4.69) is 0 Å². The van der Waals surface area contributed by atoms with Crippen molar-refractivity contribution in [2.24, 2.45) is 17.8 Å². The highest BCUT2D eigenvalue weighted by Gasteiger charge is 2.50. The molecule has 0 radical (unpaired) electrons. The van der Waals surface area contributed by atoms with Gasteiger partial charge >= 0.3 is 5.97 Å². The van der Waals surface area contributed by atoms with Gasteiger partial charge in [0.05, 0.1) is 5.92 Å².